The Labute approximate surface area is 95.9 Å². The summed E-state index contributed by atoms with van der Waals surface area (Å²) >= 11 is 0. The van der Waals surface area contributed by atoms with E-state index in [-0.39, 0.29) is 18.7 Å². The largest absolute Gasteiger partial charge is 0.444 e. The molecule has 0 bridgehead atoms. The summed E-state index contributed by atoms with van der Waals surface area (Å²) in [5, 5.41) is 8.76. The molecule has 0 aromatic heterocycles. The number of hydrogen-bond donors (Lipinski definition) is 0. The third-order valence-electron chi connectivity index (χ3n) is 2.21. The average Bonchev–Trinajstić information content (AvgIpc) is 2.15. The quantitative estimate of drug-likeness (QED) is 0.628. The van der Waals surface area contributed by atoms with Crippen LogP contribution in [-0.4, -0.2) is 41.9 Å². The highest BCUT2D eigenvalue weighted by Crippen LogP contribution is 2.16. The van der Waals surface area contributed by atoms with Gasteiger partial charge in [-0.2, -0.15) is 5.26 Å². The van der Waals surface area contributed by atoms with Gasteiger partial charge in [-0.1, -0.05) is 0 Å². The summed E-state index contributed by atoms with van der Waals surface area (Å²) in [4.78, 5) is 13.4. The monoisotopic (exact) mass is 226 g/mol. The highest BCUT2D eigenvalue weighted by atomic mass is 16.6. The Kier molecular flexibility index (Phi) is 3.76. The second kappa shape index (κ2) is 4.71. The SMILES string of the molecule is C[C@H]1COC(C#N)CN1C(=O)OC(C)(C)C. The first-order valence-electron chi connectivity index (χ1n) is 5.34. The minimum atomic E-state index is -0.552. The van der Waals surface area contributed by atoms with Gasteiger partial charge in [-0.05, 0) is 27.7 Å². The second-order valence-electron chi connectivity index (χ2n) is 4.93. The van der Waals surface area contributed by atoms with Gasteiger partial charge in [0.05, 0.1) is 25.3 Å². The van der Waals surface area contributed by atoms with Crippen molar-refractivity contribution >= 4 is 6.09 Å². The number of hydrogen-bond acceptors (Lipinski definition) is 4. The Balaban J connectivity index is 2.63. The number of rotatable bonds is 0. The van der Waals surface area contributed by atoms with Crippen molar-refractivity contribution in [2.75, 3.05) is 13.2 Å². The third kappa shape index (κ3) is 3.38. The lowest BCUT2D eigenvalue weighted by Crippen LogP contribution is -2.52. The molecule has 0 spiro atoms. The van der Waals surface area contributed by atoms with Crippen LogP contribution in [0.1, 0.15) is 27.7 Å². The van der Waals surface area contributed by atoms with E-state index in [2.05, 4.69) is 0 Å². The van der Waals surface area contributed by atoms with E-state index in [0.29, 0.717) is 6.61 Å². The van der Waals surface area contributed by atoms with Crippen molar-refractivity contribution in [1.29, 1.82) is 5.26 Å². The van der Waals surface area contributed by atoms with Gasteiger partial charge in [0.2, 0.25) is 0 Å². The number of carbonyl (C=O) groups is 1. The Morgan fingerprint density at radius 2 is 2.19 bits per heavy atom. The fourth-order valence-electron chi connectivity index (χ4n) is 1.41. The maximum atomic E-state index is 11.8. The van der Waals surface area contributed by atoms with Crippen molar-refractivity contribution in [2.45, 2.75) is 45.4 Å². The van der Waals surface area contributed by atoms with Crippen LogP contribution < -0.4 is 0 Å². The zero-order valence-corrected chi connectivity index (χ0v) is 10.2. The first-order valence-corrected chi connectivity index (χ1v) is 5.34. The van der Waals surface area contributed by atoms with E-state index in [1.807, 2.05) is 33.8 Å². The molecule has 0 N–H and O–H groups in total. The van der Waals surface area contributed by atoms with E-state index in [1.54, 1.807) is 4.90 Å². The molecule has 0 aromatic rings. The van der Waals surface area contributed by atoms with Crippen LogP contribution in [0.15, 0.2) is 0 Å². The summed E-state index contributed by atoms with van der Waals surface area (Å²) in [5.41, 5.74) is -0.517. The fourth-order valence-corrected chi connectivity index (χ4v) is 1.41. The van der Waals surface area contributed by atoms with Gasteiger partial charge in [0.1, 0.15) is 5.60 Å². The van der Waals surface area contributed by atoms with Crippen molar-refractivity contribution in [1.82, 2.24) is 4.90 Å². The lowest BCUT2D eigenvalue weighted by molar-refractivity contribution is -0.0473. The molecule has 16 heavy (non-hydrogen) atoms. The first kappa shape index (κ1) is 12.8. The molecule has 0 aromatic carbocycles. The van der Waals surface area contributed by atoms with Crippen LogP contribution in [0.2, 0.25) is 0 Å². The minimum absolute atomic E-state index is 0.0561. The highest BCUT2D eigenvalue weighted by molar-refractivity contribution is 5.68. The zero-order valence-electron chi connectivity index (χ0n) is 10.2. The molecule has 5 heteroatoms. The lowest BCUT2D eigenvalue weighted by Gasteiger charge is -2.36. The van der Waals surface area contributed by atoms with Gasteiger partial charge in [0, 0.05) is 0 Å². The number of nitrogens with zero attached hydrogens (tertiary/aromatic N) is 2. The molecule has 1 fully saturated rings. The molecular formula is C11H18N2O3. The van der Waals surface area contributed by atoms with E-state index in [9.17, 15) is 4.79 Å². The Morgan fingerprint density at radius 1 is 1.56 bits per heavy atom. The molecule has 2 atom stereocenters. The molecule has 1 rings (SSSR count). The van der Waals surface area contributed by atoms with Crippen LogP contribution >= 0.6 is 0 Å². The predicted octanol–water partition coefficient (Wildman–Crippen LogP) is 1.53. The molecule has 1 amide bonds. The van der Waals surface area contributed by atoms with Crippen LogP contribution in [-0.2, 0) is 9.47 Å². The molecule has 5 nitrogen and oxygen atoms in total. The van der Waals surface area contributed by atoms with Gasteiger partial charge >= 0.3 is 6.09 Å². The minimum Gasteiger partial charge on any atom is -0.444 e. The van der Waals surface area contributed by atoms with E-state index < -0.39 is 11.7 Å². The fraction of sp³-hybridized carbons (Fsp3) is 0.818. The Hall–Kier alpha value is -1.28. The number of ether oxygens (including phenoxy) is 2. The number of morpholine rings is 1. The third-order valence-corrected chi connectivity index (χ3v) is 2.21. The Morgan fingerprint density at radius 3 is 2.69 bits per heavy atom. The lowest BCUT2D eigenvalue weighted by atomic mass is 10.2. The van der Waals surface area contributed by atoms with Crippen molar-refractivity contribution in [3.8, 4) is 6.07 Å². The summed E-state index contributed by atoms with van der Waals surface area (Å²) in [6.07, 6.45) is -0.938. The molecular weight excluding hydrogens is 208 g/mol. The molecule has 0 saturated carbocycles. The molecule has 0 radical (unpaired) electrons. The van der Waals surface area contributed by atoms with Gasteiger partial charge in [-0.3, -0.25) is 4.90 Å². The van der Waals surface area contributed by atoms with Crippen LogP contribution in [0, 0.1) is 11.3 Å². The number of carbonyl (C=O) groups excluding carboxylic acids is 1. The average molecular weight is 226 g/mol. The van der Waals surface area contributed by atoms with Gasteiger partial charge in [-0.25, -0.2) is 4.79 Å². The van der Waals surface area contributed by atoms with E-state index >= 15 is 0 Å². The van der Waals surface area contributed by atoms with Crippen molar-refractivity contribution < 1.29 is 14.3 Å². The van der Waals surface area contributed by atoms with Crippen LogP contribution in [0.3, 0.4) is 0 Å². The van der Waals surface area contributed by atoms with E-state index in [4.69, 9.17) is 14.7 Å². The van der Waals surface area contributed by atoms with E-state index in [0.717, 1.165) is 0 Å². The smallest absolute Gasteiger partial charge is 0.410 e. The number of nitriles is 1. The summed E-state index contributed by atoms with van der Waals surface area (Å²) in [6.45, 7) is 7.97. The Bertz CT molecular complexity index is 303. The van der Waals surface area contributed by atoms with Crippen LogP contribution in [0.25, 0.3) is 0 Å². The van der Waals surface area contributed by atoms with Crippen molar-refractivity contribution in [2.24, 2.45) is 0 Å². The molecule has 1 aliphatic rings. The van der Waals surface area contributed by atoms with Gasteiger partial charge in [0.15, 0.2) is 6.10 Å². The van der Waals surface area contributed by atoms with Gasteiger partial charge < -0.3 is 9.47 Å². The molecule has 90 valence electrons. The highest BCUT2D eigenvalue weighted by Gasteiger charge is 2.32. The zero-order chi connectivity index (χ0) is 12.3. The van der Waals surface area contributed by atoms with Gasteiger partial charge in [-0.15, -0.1) is 0 Å². The molecule has 1 heterocycles. The van der Waals surface area contributed by atoms with Gasteiger partial charge in [0.25, 0.3) is 0 Å². The van der Waals surface area contributed by atoms with Crippen molar-refractivity contribution in [3.63, 3.8) is 0 Å². The standard InChI is InChI=1S/C11H18N2O3/c1-8-7-15-9(5-12)6-13(8)10(14)16-11(2,3)4/h8-9H,6-7H2,1-4H3/t8-,9?/m0/s1. The summed E-state index contributed by atoms with van der Waals surface area (Å²) < 4.78 is 10.5. The van der Waals surface area contributed by atoms with Crippen molar-refractivity contribution in [3.05, 3.63) is 0 Å². The normalized spacial score (nSPS) is 26.1. The van der Waals surface area contributed by atoms with Crippen LogP contribution in [0.4, 0.5) is 4.79 Å². The summed E-state index contributed by atoms with van der Waals surface area (Å²) in [7, 11) is 0. The maximum Gasteiger partial charge on any atom is 0.410 e. The molecule has 1 unspecified atom stereocenters. The summed E-state index contributed by atoms with van der Waals surface area (Å²) in [6, 6.07) is 1.94. The topological polar surface area (TPSA) is 62.6 Å². The second-order valence-corrected chi connectivity index (χ2v) is 4.93. The predicted molar refractivity (Wildman–Crippen MR) is 57.8 cm³/mol. The number of amides is 1. The maximum absolute atomic E-state index is 11.8. The van der Waals surface area contributed by atoms with E-state index in [1.165, 1.54) is 0 Å². The molecule has 1 aliphatic heterocycles. The van der Waals surface area contributed by atoms with Crippen LogP contribution in [0.5, 0.6) is 0 Å². The summed E-state index contributed by atoms with van der Waals surface area (Å²) in [5.74, 6) is 0. The molecule has 0 aliphatic carbocycles. The molecule has 1 saturated heterocycles. The first-order chi connectivity index (χ1) is 7.33.